The van der Waals surface area contributed by atoms with Crippen molar-refractivity contribution in [1.82, 2.24) is 14.7 Å². The third kappa shape index (κ3) is 2.83. The maximum absolute atomic E-state index is 4.36. The number of aromatic nitrogens is 2. The van der Waals surface area contributed by atoms with Crippen molar-refractivity contribution in [3.05, 3.63) is 91.0 Å². The third-order valence-corrected chi connectivity index (χ3v) is 3.96. The van der Waals surface area contributed by atoms with Crippen LogP contribution in [-0.2, 0) is 6.54 Å². The maximum Gasteiger partial charge on any atom is 0.0946 e. The molecule has 0 fully saturated rings. The Kier molecular flexibility index (Phi) is 3.56. The Labute approximate surface area is 135 Å². The normalized spacial score (nSPS) is 13.7. The highest BCUT2D eigenvalue weighted by Crippen LogP contribution is 2.27. The van der Waals surface area contributed by atoms with E-state index in [4.69, 9.17) is 0 Å². The van der Waals surface area contributed by atoms with Gasteiger partial charge in [-0.15, -0.1) is 0 Å². The number of hydrogen-bond donors (Lipinski definition) is 0. The van der Waals surface area contributed by atoms with E-state index in [1.165, 1.54) is 5.56 Å². The number of benzene rings is 2. The minimum atomic E-state index is 0.840. The molecule has 1 aliphatic rings. The molecule has 0 N–H and O–H groups in total. The zero-order valence-corrected chi connectivity index (χ0v) is 12.8. The summed E-state index contributed by atoms with van der Waals surface area (Å²) in [6.45, 7) is 1.75. The van der Waals surface area contributed by atoms with Gasteiger partial charge in [0, 0.05) is 31.3 Å². The molecule has 23 heavy (non-hydrogen) atoms. The summed E-state index contributed by atoms with van der Waals surface area (Å²) in [5, 5.41) is 4.36. The van der Waals surface area contributed by atoms with Gasteiger partial charge in [0.05, 0.1) is 18.0 Å². The van der Waals surface area contributed by atoms with Gasteiger partial charge in [-0.25, -0.2) is 4.68 Å². The smallest absolute Gasteiger partial charge is 0.0946 e. The summed E-state index contributed by atoms with van der Waals surface area (Å²) in [7, 11) is 0. The molecular formula is C19H18N4. The first kappa shape index (κ1) is 13.6. The molecule has 0 aliphatic carbocycles. The molecule has 0 radical (unpaired) electrons. The molecule has 4 heteroatoms. The fourth-order valence-electron chi connectivity index (χ4n) is 2.85. The maximum atomic E-state index is 4.36. The standard InChI is InChI=1S/C19H18N4/c1-2-7-17(8-3-1)15-21-13-14-22(16-21)18-9-4-5-10-19(18)23-12-6-11-20-23/h1-14H,15-16H2. The van der Waals surface area contributed by atoms with Gasteiger partial charge in [0.15, 0.2) is 0 Å². The Hall–Kier alpha value is -3.01. The molecule has 1 aromatic heterocycles. The first-order valence-corrected chi connectivity index (χ1v) is 7.72. The van der Waals surface area contributed by atoms with Crippen molar-refractivity contribution in [3.8, 4) is 5.69 Å². The van der Waals surface area contributed by atoms with Crippen LogP contribution in [0.4, 0.5) is 5.69 Å². The summed E-state index contributed by atoms with van der Waals surface area (Å²) in [5.74, 6) is 0. The summed E-state index contributed by atoms with van der Waals surface area (Å²) in [6, 6.07) is 20.8. The molecule has 0 unspecified atom stereocenters. The highest BCUT2D eigenvalue weighted by molar-refractivity contribution is 5.64. The lowest BCUT2D eigenvalue weighted by Crippen LogP contribution is -2.25. The lowest BCUT2D eigenvalue weighted by Gasteiger charge is -2.23. The molecule has 0 saturated carbocycles. The van der Waals surface area contributed by atoms with Crippen molar-refractivity contribution in [1.29, 1.82) is 0 Å². The van der Waals surface area contributed by atoms with Crippen LogP contribution in [0.1, 0.15) is 5.56 Å². The van der Waals surface area contributed by atoms with Crippen molar-refractivity contribution in [3.63, 3.8) is 0 Å². The van der Waals surface area contributed by atoms with Crippen LogP contribution >= 0.6 is 0 Å². The molecule has 0 spiro atoms. The number of nitrogens with zero attached hydrogens (tertiary/aromatic N) is 4. The van der Waals surface area contributed by atoms with Crippen LogP contribution < -0.4 is 4.90 Å². The van der Waals surface area contributed by atoms with Crippen LogP contribution in [0.2, 0.25) is 0 Å². The van der Waals surface area contributed by atoms with Crippen LogP contribution in [0.5, 0.6) is 0 Å². The highest BCUT2D eigenvalue weighted by atomic mass is 15.4. The molecule has 2 heterocycles. The molecule has 4 nitrogen and oxygen atoms in total. The minimum absolute atomic E-state index is 0.840. The largest absolute Gasteiger partial charge is 0.354 e. The van der Waals surface area contributed by atoms with Gasteiger partial charge in [0.2, 0.25) is 0 Å². The minimum Gasteiger partial charge on any atom is -0.354 e. The van der Waals surface area contributed by atoms with Gasteiger partial charge in [0.1, 0.15) is 0 Å². The van der Waals surface area contributed by atoms with E-state index in [2.05, 4.69) is 75.8 Å². The molecule has 4 rings (SSSR count). The second kappa shape index (κ2) is 6.01. The molecule has 0 saturated heterocycles. The Morgan fingerprint density at radius 3 is 2.39 bits per heavy atom. The Bertz CT molecular complexity index is 793. The Balaban J connectivity index is 1.54. The van der Waals surface area contributed by atoms with Crippen molar-refractivity contribution < 1.29 is 0 Å². The average molecular weight is 302 g/mol. The van der Waals surface area contributed by atoms with E-state index >= 15 is 0 Å². The van der Waals surface area contributed by atoms with E-state index < -0.39 is 0 Å². The SMILES string of the molecule is C1=CN(c2ccccc2-n2cccn2)CN1Cc1ccccc1. The highest BCUT2D eigenvalue weighted by Gasteiger charge is 2.17. The summed E-state index contributed by atoms with van der Waals surface area (Å²) in [6.07, 6.45) is 8.05. The molecular weight excluding hydrogens is 284 g/mol. The predicted octanol–water partition coefficient (Wildman–Crippen LogP) is 3.62. The van der Waals surface area contributed by atoms with Crippen LogP contribution in [-0.4, -0.2) is 21.3 Å². The first-order chi connectivity index (χ1) is 11.4. The molecule has 1 aliphatic heterocycles. The van der Waals surface area contributed by atoms with Crippen molar-refractivity contribution >= 4 is 5.69 Å². The Morgan fingerprint density at radius 2 is 1.61 bits per heavy atom. The lowest BCUT2D eigenvalue weighted by atomic mass is 10.2. The van der Waals surface area contributed by atoms with Gasteiger partial charge >= 0.3 is 0 Å². The quantitative estimate of drug-likeness (QED) is 0.735. The zero-order chi connectivity index (χ0) is 15.5. The van der Waals surface area contributed by atoms with Gasteiger partial charge < -0.3 is 9.80 Å². The first-order valence-electron chi connectivity index (χ1n) is 7.72. The van der Waals surface area contributed by atoms with E-state index in [0.717, 1.165) is 24.6 Å². The Morgan fingerprint density at radius 1 is 0.826 bits per heavy atom. The fraction of sp³-hybridized carbons (Fsp3) is 0.105. The molecule has 2 aromatic carbocycles. The van der Waals surface area contributed by atoms with Crippen molar-refractivity contribution in [2.24, 2.45) is 0 Å². The molecule has 3 aromatic rings. The van der Waals surface area contributed by atoms with Gasteiger partial charge in [-0.05, 0) is 23.8 Å². The van der Waals surface area contributed by atoms with Crippen LogP contribution in [0.15, 0.2) is 85.5 Å². The fourth-order valence-corrected chi connectivity index (χ4v) is 2.85. The summed E-state index contributed by atoms with van der Waals surface area (Å²) < 4.78 is 1.91. The van der Waals surface area contributed by atoms with Crippen molar-refractivity contribution in [2.45, 2.75) is 6.54 Å². The third-order valence-electron chi connectivity index (χ3n) is 3.96. The van der Waals surface area contributed by atoms with Crippen LogP contribution in [0, 0.1) is 0 Å². The number of para-hydroxylation sites is 2. The summed E-state index contributed by atoms with van der Waals surface area (Å²) >= 11 is 0. The van der Waals surface area contributed by atoms with E-state index in [-0.39, 0.29) is 0 Å². The average Bonchev–Trinajstić information content (AvgIpc) is 3.28. The second-order valence-corrected chi connectivity index (χ2v) is 5.58. The van der Waals surface area contributed by atoms with E-state index in [1.54, 1.807) is 6.20 Å². The van der Waals surface area contributed by atoms with Gasteiger partial charge in [-0.2, -0.15) is 5.10 Å². The summed E-state index contributed by atoms with van der Waals surface area (Å²) in [5.41, 5.74) is 3.56. The molecule has 0 amide bonds. The molecule has 0 atom stereocenters. The lowest BCUT2D eigenvalue weighted by molar-refractivity contribution is 0.400. The van der Waals surface area contributed by atoms with E-state index in [0.29, 0.717) is 0 Å². The molecule has 114 valence electrons. The van der Waals surface area contributed by atoms with Gasteiger partial charge in [0.25, 0.3) is 0 Å². The van der Waals surface area contributed by atoms with Crippen LogP contribution in [0.3, 0.4) is 0 Å². The van der Waals surface area contributed by atoms with Gasteiger partial charge in [-0.3, -0.25) is 0 Å². The monoisotopic (exact) mass is 302 g/mol. The number of hydrogen-bond acceptors (Lipinski definition) is 3. The van der Waals surface area contributed by atoms with Crippen molar-refractivity contribution in [2.75, 3.05) is 11.6 Å². The topological polar surface area (TPSA) is 24.3 Å². The van der Waals surface area contributed by atoms with E-state index in [9.17, 15) is 0 Å². The second-order valence-electron chi connectivity index (χ2n) is 5.58. The number of rotatable bonds is 4. The predicted molar refractivity (Wildman–Crippen MR) is 92.0 cm³/mol. The molecule has 0 bridgehead atoms. The summed E-state index contributed by atoms with van der Waals surface area (Å²) in [4.78, 5) is 4.55. The number of anilines is 1. The van der Waals surface area contributed by atoms with Crippen LogP contribution in [0.25, 0.3) is 5.69 Å². The zero-order valence-electron chi connectivity index (χ0n) is 12.8. The van der Waals surface area contributed by atoms with Gasteiger partial charge in [-0.1, -0.05) is 42.5 Å². The van der Waals surface area contributed by atoms with E-state index in [1.807, 2.05) is 23.0 Å².